The predicted molar refractivity (Wildman–Crippen MR) is 50.3 cm³/mol. The van der Waals surface area contributed by atoms with Crippen molar-refractivity contribution in [2.75, 3.05) is 13.7 Å². The van der Waals surface area contributed by atoms with Crippen molar-refractivity contribution < 1.29 is 24.2 Å². The molecule has 2 amide bonds. The van der Waals surface area contributed by atoms with Gasteiger partial charge in [-0.2, -0.15) is 0 Å². The van der Waals surface area contributed by atoms with Gasteiger partial charge < -0.3 is 20.5 Å². The third-order valence-electron chi connectivity index (χ3n) is 1.56. The quantitative estimate of drug-likeness (QED) is 0.530. The van der Waals surface area contributed by atoms with Crippen LogP contribution >= 0.6 is 0 Å². The summed E-state index contributed by atoms with van der Waals surface area (Å²) in [4.78, 5) is 32.0. The molecule has 0 aliphatic rings. The van der Waals surface area contributed by atoms with Crippen LogP contribution in [0.15, 0.2) is 0 Å². The van der Waals surface area contributed by atoms with E-state index in [0.717, 1.165) is 0 Å². The lowest BCUT2D eigenvalue weighted by Gasteiger charge is -2.09. The molecule has 0 bridgehead atoms. The zero-order valence-corrected chi connectivity index (χ0v) is 8.57. The zero-order valence-electron chi connectivity index (χ0n) is 8.57. The van der Waals surface area contributed by atoms with Gasteiger partial charge in [-0.15, -0.1) is 0 Å². The number of carbonyl (C=O) groups is 3. The van der Waals surface area contributed by atoms with Crippen molar-refractivity contribution in [2.45, 2.75) is 19.4 Å². The third kappa shape index (κ3) is 6.30. The van der Waals surface area contributed by atoms with E-state index in [-0.39, 0.29) is 13.0 Å². The number of rotatable bonds is 5. The summed E-state index contributed by atoms with van der Waals surface area (Å²) >= 11 is 0. The van der Waals surface area contributed by atoms with E-state index in [1.54, 1.807) is 0 Å². The Kier molecular flexibility index (Phi) is 5.84. The van der Waals surface area contributed by atoms with Gasteiger partial charge in [0.15, 0.2) is 0 Å². The maximum atomic E-state index is 11.0. The van der Waals surface area contributed by atoms with Gasteiger partial charge >= 0.3 is 18.0 Å². The lowest BCUT2D eigenvalue weighted by atomic mass is 10.3. The van der Waals surface area contributed by atoms with Crippen molar-refractivity contribution >= 4 is 18.0 Å². The number of esters is 1. The van der Waals surface area contributed by atoms with Gasteiger partial charge in [0.05, 0.1) is 13.5 Å². The first-order chi connectivity index (χ1) is 6.97. The number of amides is 2. The smallest absolute Gasteiger partial charge is 0.325 e. The number of ether oxygens (including phenoxy) is 1. The van der Waals surface area contributed by atoms with Crippen LogP contribution in [0.25, 0.3) is 0 Å². The topological polar surface area (TPSA) is 105 Å². The largest absolute Gasteiger partial charge is 0.480 e. The number of carboxylic acid groups (broad SMARTS) is 1. The van der Waals surface area contributed by atoms with Gasteiger partial charge in [0.25, 0.3) is 0 Å². The van der Waals surface area contributed by atoms with Crippen LogP contribution in [0.2, 0.25) is 0 Å². The fourth-order valence-electron chi connectivity index (χ4n) is 0.690. The second-order valence-electron chi connectivity index (χ2n) is 2.79. The van der Waals surface area contributed by atoms with Crippen LogP contribution in [0.1, 0.15) is 13.3 Å². The third-order valence-corrected chi connectivity index (χ3v) is 1.56. The maximum absolute atomic E-state index is 11.0. The van der Waals surface area contributed by atoms with Gasteiger partial charge in [-0.1, -0.05) is 0 Å². The van der Waals surface area contributed by atoms with E-state index in [9.17, 15) is 14.4 Å². The van der Waals surface area contributed by atoms with Crippen molar-refractivity contribution in [3.05, 3.63) is 0 Å². The van der Waals surface area contributed by atoms with Crippen molar-refractivity contribution in [1.82, 2.24) is 10.6 Å². The summed E-state index contributed by atoms with van der Waals surface area (Å²) in [5, 5.41) is 13.0. The fourth-order valence-corrected chi connectivity index (χ4v) is 0.690. The van der Waals surface area contributed by atoms with Gasteiger partial charge in [-0.25, -0.2) is 4.79 Å². The minimum Gasteiger partial charge on any atom is -0.480 e. The highest BCUT2D eigenvalue weighted by Gasteiger charge is 2.13. The number of nitrogens with one attached hydrogen (secondary N) is 2. The minimum absolute atomic E-state index is 0.0470. The molecule has 1 unspecified atom stereocenters. The summed E-state index contributed by atoms with van der Waals surface area (Å²) in [5.74, 6) is -1.57. The Labute approximate surface area is 86.8 Å². The molecule has 0 rings (SSSR count). The van der Waals surface area contributed by atoms with Gasteiger partial charge in [0.2, 0.25) is 0 Å². The van der Waals surface area contributed by atoms with E-state index in [2.05, 4.69) is 15.4 Å². The number of hydrogen-bond acceptors (Lipinski definition) is 4. The highest BCUT2D eigenvalue weighted by atomic mass is 16.5. The molecule has 0 aromatic carbocycles. The molecule has 0 saturated heterocycles. The minimum atomic E-state index is -1.13. The summed E-state index contributed by atoms with van der Waals surface area (Å²) in [7, 11) is 1.24. The molecule has 0 saturated carbocycles. The number of aliphatic carboxylic acids is 1. The SMILES string of the molecule is COC(=O)CCNC(=O)NC(C)C(=O)O. The average molecular weight is 218 g/mol. The second kappa shape index (κ2) is 6.63. The molecule has 0 heterocycles. The highest BCUT2D eigenvalue weighted by molar-refractivity contribution is 5.82. The van der Waals surface area contributed by atoms with Gasteiger partial charge in [0, 0.05) is 6.54 Å². The van der Waals surface area contributed by atoms with E-state index in [1.165, 1.54) is 14.0 Å². The summed E-state index contributed by atoms with van der Waals surface area (Å²) in [6.45, 7) is 1.44. The Balaban J connectivity index is 3.67. The Hall–Kier alpha value is -1.79. The van der Waals surface area contributed by atoms with E-state index >= 15 is 0 Å². The Bertz CT molecular complexity index is 253. The molecule has 0 spiro atoms. The standard InChI is InChI=1S/C8H14N2O5/c1-5(7(12)13)10-8(14)9-4-3-6(11)15-2/h5H,3-4H2,1-2H3,(H,12,13)(H2,9,10,14). The predicted octanol–water partition coefficient (Wildman–Crippen LogP) is -0.678. The summed E-state index contributed by atoms with van der Waals surface area (Å²) in [6.07, 6.45) is 0.0470. The van der Waals surface area contributed by atoms with Crippen LogP contribution in [-0.4, -0.2) is 42.8 Å². The molecule has 0 aliphatic heterocycles. The number of carbonyl (C=O) groups excluding carboxylic acids is 2. The molecule has 0 aromatic heterocycles. The molecule has 0 aromatic rings. The monoisotopic (exact) mass is 218 g/mol. The van der Waals surface area contributed by atoms with Crippen LogP contribution in [0.5, 0.6) is 0 Å². The normalized spacial score (nSPS) is 11.3. The highest BCUT2D eigenvalue weighted by Crippen LogP contribution is 1.83. The maximum Gasteiger partial charge on any atom is 0.325 e. The van der Waals surface area contributed by atoms with E-state index in [4.69, 9.17) is 5.11 Å². The molecule has 0 radical (unpaired) electrons. The molecule has 0 fully saturated rings. The fraction of sp³-hybridized carbons (Fsp3) is 0.625. The van der Waals surface area contributed by atoms with E-state index in [1.807, 2.05) is 0 Å². The first-order valence-electron chi connectivity index (χ1n) is 4.31. The lowest BCUT2D eigenvalue weighted by molar-refractivity contribution is -0.140. The molecule has 7 heteroatoms. The molecule has 3 N–H and O–H groups in total. The van der Waals surface area contributed by atoms with Gasteiger partial charge in [-0.3, -0.25) is 9.59 Å². The Morgan fingerprint density at radius 3 is 2.47 bits per heavy atom. The molecular weight excluding hydrogens is 204 g/mol. The van der Waals surface area contributed by atoms with Crippen LogP contribution in [-0.2, 0) is 14.3 Å². The van der Waals surface area contributed by atoms with Crippen LogP contribution in [0.3, 0.4) is 0 Å². The molecule has 86 valence electrons. The van der Waals surface area contributed by atoms with Crippen molar-refractivity contribution in [3.8, 4) is 0 Å². The Morgan fingerprint density at radius 1 is 1.40 bits per heavy atom. The number of carboxylic acids is 1. The molecule has 7 nitrogen and oxygen atoms in total. The van der Waals surface area contributed by atoms with E-state index in [0.29, 0.717) is 0 Å². The second-order valence-corrected chi connectivity index (χ2v) is 2.79. The summed E-state index contributed by atoms with van der Waals surface area (Å²) in [6, 6.07) is -1.60. The molecule has 0 aliphatic carbocycles. The number of hydrogen-bond donors (Lipinski definition) is 3. The van der Waals surface area contributed by atoms with Crippen molar-refractivity contribution in [3.63, 3.8) is 0 Å². The Morgan fingerprint density at radius 2 is 2.00 bits per heavy atom. The molecular formula is C8H14N2O5. The van der Waals surface area contributed by atoms with Crippen LogP contribution in [0.4, 0.5) is 4.79 Å². The molecule has 1 atom stereocenters. The van der Waals surface area contributed by atoms with Crippen molar-refractivity contribution in [2.24, 2.45) is 0 Å². The first kappa shape index (κ1) is 13.2. The number of urea groups is 1. The van der Waals surface area contributed by atoms with Gasteiger partial charge in [-0.05, 0) is 6.92 Å². The molecule has 15 heavy (non-hydrogen) atoms. The van der Waals surface area contributed by atoms with Crippen LogP contribution in [0, 0.1) is 0 Å². The van der Waals surface area contributed by atoms with Crippen molar-refractivity contribution in [1.29, 1.82) is 0 Å². The average Bonchev–Trinajstić information content (AvgIpc) is 2.17. The first-order valence-corrected chi connectivity index (χ1v) is 4.31. The van der Waals surface area contributed by atoms with Gasteiger partial charge in [0.1, 0.15) is 6.04 Å². The number of methoxy groups -OCH3 is 1. The van der Waals surface area contributed by atoms with E-state index < -0.39 is 24.0 Å². The van der Waals surface area contributed by atoms with Crippen LogP contribution < -0.4 is 10.6 Å². The summed E-state index contributed by atoms with van der Waals surface area (Å²) < 4.78 is 4.35. The summed E-state index contributed by atoms with van der Waals surface area (Å²) in [5.41, 5.74) is 0. The zero-order chi connectivity index (χ0) is 11.8. The lowest BCUT2D eigenvalue weighted by Crippen LogP contribution is -2.44.